The van der Waals surface area contributed by atoms with E-state index in [1.54, 1.807) is 6.20 Å². The van der Waals surface area contributed by atoms with Gasteiger partial charge in [0.25, 0.3) is 0 Å². The molecule has 0 spiro atoms. The van der Waals surface area contributed by atoms with Gasteiger partial charge in [-0.1, -0.05) is 29.8 Å². The molecule has 0 fully saturated rings. The summed E-state index contributed by atoms with van der Waals surface area (Å²) in [5, 5.41) is 4.98. The van der Waals surface area contributed by atoms with Gasteiger partial charge in [0, 0.05) is 22.5 Å². The highest BCUT2D eigenvalue weighted by molar-refractivity contribution is 6.29. The number of pyridine rings is 1. The van der Waals surface area contributed by atoms with Crippen molar-refractivity contribution in [1.29, 1.82) is 0 Å². The van der Waals surface area contributed by atoms with E-state index in [0.29, 0.717) is 21.9 Å². The van der Waals surface area contributed by atoms with E-state index < -0.39 is 11.7 Å². The summed E-state index contributed by atoms with van der Waals surface area (Å²) in [6, 6.07) is 18.0. The van der Waals surface area contributed by atoms with Crippen molar-refractivity contribution in [3.05, 3.63) is 78.0 Å². The van der Waals surface area contributed by atoms with E-state index in [4.69, 9.17) is 8.83 Å². The number of halogens is 3. The molecule has 3 aromatic heterocycles. The van der Waals surface area contributed by atoms with Gasteiger partial charge in [-0.15, -0.1) is 0 Å². The van der Waals surface area contributed by atoms with Crippen LogP contribution in [0.4, 0.5) is 13.2 Å². The Morgan fingerprint density at radius 2 is 1.48 bits per heavy atom. The predicted octanol–water partition coefficient (Wildman–Crippen LogP) is 8.47. The molecule has 33 heavy (non-hydrogen) atoms. The van der Waals surface area contributed by atoms with Gasteiger partial charge in [0.2, 0.25) is 0 Å². The highest BCUT2D eigenvalue weighted by Crippen LogP contribution is 2.46. The lowest BCUT2D eigenvalue weighted by atomic mass is 9.97. The molecule has 160 valence electrons. The maximum absolute atomic E-state index is 13.3. The second kappa shape index (κ2) is 6.04. The third-order valence-electron chi connectivity index (χ3n) is 6.35. The summed E-state index contributed by atoms with van der Waals surface area (Å²) in [6.07, 6.45) is -2.71. The Kier molecular flexibility index (Phi) is 3.39. The third-order valence-corrected chi connectivity index (χ3v) is 6.35. The molecular weight excluding hydrogens is 427 g/mol. The van der Waals surface area contributed by atoms with Crippen LogP contribution in [0.1, 0.15) is 11.1 Å². The molecule has 4 aromatic carbocycles. The van der Waals surface area contributed by atoms with Crippen molar-refractivity contribution in [1.82, 2.24) is 4.98 Å². The zero-order chi connectivity index (χ0) is 22.5. The van der Waals surface area contributed by atoms with Crippen molar-refractivity contribution in [3.63, 3.8) is 0 Å². The minimum atomic E-state index is -4.48. The lowest BCUT2D eigenvalue weighted by Crippen LogP contribution is -2.04. The fourth-order valence-corrected chi connectivity index (χ4v) is 4.92. The summed E-state index contributed by atoms with van der Waals surface area (Å²) in [7, 11) is 0. The first-order valence-corrected chi connectivity index (χ1v) is 10.5. The highest BCUT2D eigenvalue weighted by atomic mass is 19.4. The Hall–Kier alpha value is -4.06. The average Bonchev–Trinajstić information content (AvgIpc) is 3.36. The zero-order valence-electron chi connectivity index (χ0n) is 17.2. The predicted molar refractivity (Wildman–Crippen MR) is 123 cm³/mol. The second-order valence-electron chi connectivity index (χ2n) is 8.41. The van der Waals surface area contributed by atoms with E-state index in [1.165, 1.54) is 0 Å². The van der Waals surface area contributed by atoms with Gasteiger partial charge in [-0.05, 0) is 54.1 Å². The number of alkyl halides is 3. The Balaban J connectivity index is 1.59. The molecule has 0 amide bonds. The maximum atomic E-state index is 13.3. The van der Waals surface area contributed by atoms with Gasteiger partial charge in [0.1, 0.15) is 22.3 Å². The van der Waals surface area contributed by atoms with Crippen molar-refractivity contribution < 1.29 is 22.0 Å². The first kappa shape index (κ1) is 18.5. The van der Waals surface area contributed by atoms with Crippen LogP contribution in [-0.4, -0.2) is 4.98 Å². The number of furan rings is 2. The zero-order valence-corrected chi connectivity index (χ0v) is 17.2. The first-order valence-electron chi connectivity index (χ1n) is 10.5. The largest absolute Gasteiger partial charge is 0.456 e. The minimum Gasteiger partial charge on any atom is -0.456 e. The van der Waals surface area contributed by atoms with Gasteiger partial charge >= 0.3 is 6.18 Å². The molecule has 0 aliphatic heterocycles. The fraction of sp³-hybridized carbons (Fsp3) is 0.0741. The van der Waals surface area contributed by atoms with Gasteiger partial charge in [-0.25, -0.2) is 0 Å². The summed E-state index contributed by atoms with van der Waals surface area (Å²) in [5.41, 5.74) is 3.65. The molecule has 7 aromatic rings. The molecular formula is C27H14F3NO2. The molecule has 7 rings (SSSR count). The van der Waals surface area contributed by atoms with Crippen LogP contribution in [0.25, 0.3) is 65.9 Å². The minimum absolute atomic E-state index is 0.176. The maximum Gasteiger partial charge on any atom is 0.416 e. The second-order valence-corrected chi connectivity index (χ2v) is 8.41. The lowest BCUT2D eigenvalue weighted by Gasteiger charge is -2.10. The van der Waals surface area contributed by atoms with Crippen LogP contribution in [0.5, 0.6) is 0 Å². The number of benzene rings is 4. The normalized spacial score (nSPS) is 12.8. The van der Waals surface area contributed by atoms with Crippen molar-refractivity contribution in [2.24, 2.45) is 0 Å². The molecule has 0 saturated carbocycles. The molecule has 3 nitrogen and oxygen atoms in total. The van der Waals surface area contributed by atoms with Gasteiger partial charge in [-0.3, -0.25) is 4.98 Å². The van der Waals surface area contributed by atoms with E-state index in [1.807, 2.05) is 49.4 Å². The molecule has 0 radical (unpaired) electrons. The molecule has 0 bridgehead atoms. The van der Waals surface area contributed by atoms with E-state index >= 15 is 0 Å². The number of aromatic nitrogens is 1. The van der Waals surface area contributed by atoms with Gasteiger partial charge in [0.15, 0.2) is 0 Å². The number of nitrogens with zero attached hydrogens (tertiary/aromatic N) is 1. The van der Waals surface area contributed by atoms with Crippen molar-refractivity contribution >= 4 is 54.6 Å². The molecule has 0 aliphatic rings. The van der Waals surface area contributed by atoms with Crippen LogP contribution in [0, 0.1) is 6.92 Å². The number of aryl methyl sites for hydroxylation is 1. The monoisotopic (exact) mass is 441 g/mol. The van der Waals surface area contributed by atoms with Crippen LogP contribution in [-0.2, 0) is 6.18 Å². The third kappa shape index (κ3) is 2.49. The summed E-state index contributed by atoms with van der Waals surface area (Å²) in [6.45, 7) is 2.04. The van der Waals surface area contributed by atoms with E-state index in [-0.39, 0.29) is 11.2 Å². The van der Waals surface area contributed by atoms with E-state index in [2.05, 4.69) is 11.1 Å². The quantitative estimate of drug-likeness (QED) is 0.240. The molecule has 0 unspecified atom stereocenters. The summed E-state index contributed by atoms with van der Waals surface area (Å²) in [5.74, 6) is 0. The number of hydrogen-bond donors (Lipinski definition) is 0. The number of hydrogen-bond acceptors (Lipinski definition) is 3. The average molecular weight is 441 g/mol. The Morgan fingerprint density at radius 1 is 0.727 bits per heavy atom. The number of fused-ring (bicyclic) bond motifs is 4. The van der Waals surface area contributed by atoms with Crippen LogP contribution in [0.3, 0.4) is 0 Å². The first-order chi connectivity index (χ1) is 15.9. The van der Waals surface area contributed by atoms with Crippen molar-refractivity contribution in [2.75, 3.05) is 0 Å². The topological polar surface area (TPSA) is 39.2 Å². The molecule has 6 heteroatoms. The molecule has 0 atom stereocenters. The molecule has 3 heterocycles. The number of rotatable bonds is 1. The van der Waals surface area contributed by atoms with Gasteiger partial charge < -0.3 is 8.83 Å². The van der Waals surface area contributed by atoms with E-state index in [9.17, 15) is 13.2 Å². The van der Waals surface area contributed by atoms with Crippen LogP contribution < -0.4 is 0 Å². The SMILES string of the molecule is Cc1cccc(-c2nccc3c2ccc2c3cc3oc4cc(C(F)(F)F)cc5oc2c3c45)c1. The highest BCUT2D eigenvalue weighted by Gasteiger charge is 2.33. The summed E-state index contributed by atoms with van der Waals surface area (Å²) in [4.78, 5) is 4.63. The summed E-state index contributed by atoms with van der Waals surface area (Å²) >= 11 is 0. The molecule has 0 aliphatic carbocycles. The Morgan fingerprint density at radius 3 is 2.27 bits per heavy atom. The van der Waals surface area contributed by atoms with E-state index in [0.717, 1.165) is 50.5 Å². The van der Waals surface area contributed by atoms with Crippen LogP contribution >= 0.6 is 0 Å². The molecule has 0 N–H and O–H groups in total. The summed E-state index contributed by atoms with van der Waals surface area (Å²) < 4.78 is 52.0. The Bertz CT molecular complexity index is 1870. The smallest absolute Gasteiger partial charge is 0.416 e. The lowest BCUT2D eigenvalue weighted by molar-refractivity contribution is -0.137. The fourth-order valence-electron chi connectivity index (χ4n) is 4.92. The van der Waals surface area contributed by atoms with Gasteiger partial charge in [-0.2, -0.15) is 13.2 Å². The van der Waals surface area contributed by atoms with Crippen LogP contribution in [0.15, 0.2) is 75.7 Å². The van der Waals surface area contributed by atoms with Crippen LogP contribution in [0.2, 0.25) is 0 Å². The molecule has 0 saturated heterocycles. The van der Waals surface area contributed by atoms with Crippen molar-refractivity contribution in [2.45, 2.75) is 13.1 Å². The van der Waals surface area contributed by atoms with Gasteiger partial charge in [0.05, 0.1) is 22.0 Å². The Labute approximate surface area is 184 Å². The van der Waals surface area contributed by atoms with Crippen molar-refractivity contribution in [3.8, 4) is 11.3 Å². The standard InChI is InChI=1S/C27H14F3NO2/c1-13-3-2-4-14(9-13)25-17-5-6-18-19(16(17)7-8-31-25)12-22-24-23-20(32-22)10-15(27(28,29)30)11-21(23)33-26(18)24/h2-12H,1H3.